The maximum Gasteiger partial charge on any atom is 0.254 e. The Kier molecular flexibility index (Phi) is 5.58. The molecule has 122 valence electrons. The van der Waals surface area contributed by atoms with E-state index in [9.17, 15) is 4.79 Å². The maximum absolute atomic E-state index is 13.0. The van der Waals surface area contributed by atoms with Crippen molar-refractivity contribution >= 4 is 17.7 Å². The van der Waals surface area contributed by atoms with E-state index in [1.54, 1.807) is 24.3 Å². The molecule has 0 aliphatic carbocycles. The minimum absolute atomic E-state index is 0.112. The molecular formula is C18H23N3OS. The average molecular weight is 329 g/mol. The molecule has 0 N–H and O–H groups in total. The average Bonchev–Trinajstić information content (AvgIpc) is 2.99. The number of nitriles is 1. The number of likely N-dealkylation sites (tertiary alicyclic amines) is 1. The molecule has 1 aromatic carbocycles. The lowest BCUT2D eigenvalue weighted by Crippen LogP contribution is -2.47. The normalized spacial score (nSPS) is 22.6. The van der Waals surface area contributed by atoms with Crippen molar-refractivity contribution in [2.24, 2.45) is 0 Å². The number of hydrogen-bond acceptors (Lipinski definition) is 4. The van der Waals surface area contributed by atoms with E-state index in [2.05, 4.69) is 15.9 Å². The summed E-state index contributed by atoms with van der Waals surface area (Å²) in [6, 6.07) is 9.43. The van der Waals surface area contributed by atoms with Crippen LogP contribution in [0.4, 0.5) is 0 Å². The van der Waals surface area contributed by atoms with Gasteiger partial charge in [0.05, 0.1) is 17.7 Å². The lowest BCUT2D eigenvalue weighted by molar-refractivity contribution is 0.0666. The molecule has 0 bridgehead atoms. The lowest BCUT2D eigenvalue weighted by Gasteiger charge is -2.32. The van der Waals surface area contributed by atoms with Gasteiger partial charge in [-0.25, -0.2) is 0 Å². The predicted octanol–water partition coefficient (Wildman–Crippen LogP) is 2.60. The molecule has 1 aromatic rings. The Labute approximate surface area is 142 Å². The molecule has 0 aromatic heterocycles. The van der Waals surface area contributed by atoms with Crippen LogP contribution in [0.1, 0.15) is 35.2 Å². The Morgan fingerprint density at radius 1 is 1.17 bits per heavy atom. The van der Waals surface area contributed by atoms with Crippen LogP contribution in [0, 0.1) is 11.3 Å². The molecule has 2 aliphatic heterocycles. The van der Waals surface area contributed by atoms with Gasteiger partial charge in [0.1, 0.15) is 0 Å². The second kappa shape index (κ2) is 7.85. The molecule has 1 atom stereocenters. The monoisotopic (exact) mass is 329 g/mol. The van der Waals surface area contributed by atoms with Crippen LogP contribution in [0.15, 0.2) is 24.3 Å². The fraction of sp³-hybridized carbons (Fsp3) is 0.556. The van der Waals surface area contributed by atoms with Crippen molar-refractivity contribution in [1.82, 2.24) is 9.80 Å². The van der Waals surface area contributed by atoms with E-state index < -0.39 is 0 Å². The summed E-state index contributed by atoms with van der Waals surface area (Å²) >= 11 is 1.97. The Morgan fingerprint density at radius 2 is 1.91 bits per heavy atom. The van der Waals surface area contributed by atoms with Crippen molar-refractivity contribution in [2.75, 3.05) is 37.7 Å². The molecule has 4 nitrogen and oxygen atoms in total. The van der Waals surface area contributed by atoms with Crippen LogP contribution in [0.5, 0.6) is 0 Å². The largest absolute Gasteiger partial charge is 0.334 e. The molecule has 2 fully saturated rings. The van der Waals surface area contributed by atoms with Gasteiger partial charge < -0.3 is 9.80 Å². The Morgan fingerprint density at radius 3 is 2.61 bits per heavy atom. The fourth-order valence-electron chi connectivity index (χ4n) is 3.36. The predicted molar refractivity (Wildman–Crippen MR) is 93.6 cm³/mol. The smallest absolute Gasteiger partial charge is 0.254 e. The number of carbonyl (C=O) groups excluding carboxylic acids is 1. The van der Waals surface area contributed by atoms with E-state index in [4.69, 9.17) is 5.26 Å². The summed E-state index contributed by atoms with van der Waals surface area (Å²) in [7, 11) is 0. The summed E-state index contributed by atoms with van der Waals surface area (Å²) in [5.41, 5.74) is 1.30. The highest BCUT2D eigenvalue weighted by Crippen LogP contribution is 2.21. The van der Waals surface area contributed by atoms with E-state index in [-0.39, 0.29) is 5.91 Å². The molecule has 0 saturated carbocycles. The van der Waals surface area contributed by atoms with Crippen LogP contribution >= 0.6 is 11.8 Å². The van der Waals surface area contributed by atoms with Crippen molar-refractivity contribution in [2.45, 2.75) is 25.3 Å². The van der Waals surface area contributed by atoms with Gasteiger partial charge in [-0.15, -0.1) is 0 Å². The number of rotatable bonds is 3. The van der Waals surface area contributed by atoms with Crippen LogP contribution in [0.25, 0.3) is 0 Å². The molecule has 0 unspecified atom stereocenters. The second-order valence-corrected chi connectivity index (χ2v) is 7.43. The van der Waals surface area contributed by atoms with Crippen LogP contribution in [-0.2, 0) is 0 Å². The number of carbonyl (C=O) groups is 1. The minimum Gasteiger partial charge on any atom is -0.334 e. The quantitative estimate of drug-likeness (QED) is 0.855. The van der Waals surface area contributed by atoms with Gasteiger partial charge in [-0.05, 0) is 62.4 Å². The zero-order valence-electron chi connectivity index (χ0n) is 13.4. The van der Waals surface area contributed by atoms with Crippen molar-refractivity contribution < 1.29 is 4.79 Å². The van der Waals surface area contributed by atoms with E-state index in [0.29, 0.717) is 17.2 Å². The zero-order valence-corrected chi connectivity index (χ0v) is 14.2. The molecule has 2 saturated heterocycles. The van der Waals surface area contributed by atoms with Crippen LogP contribution < -0.4 is 0 Å². The molecule has 5 heteroatoms. The van der Waals surface area contributed by atoms with E-state index in [1.165, 1.54) is 25.9 Å². The molecule has 2 aliphatic rings. The number of hydrogen-bond donors (Lipinski definition) is 0. The number of amides is 1. The summed E-state index contributed by atoms with van der Waals surface area (Å²) in [6.45, 7) is 4.17. The standard InChI is InChI=1S/C18H23N3OS/c19-12-15-4-6-16(7-5-15)18(22)21-10-3-11-23-14-17(21)13-20-8-1-2-9-20/h4-7,17H,1-3,8-11,13-14H2/t17-/m0/s1. The third kappa shape index (κ3) is 4.07. The number of benzene rings is 1. The van der Waals surface area contributed by atoms with Gasteiger partial charge in [-0.3, -0.25) is 4.79 Å². The first-order valence-electron chi connectivity index (χ1n) is 8.39. The van der Waals surface area contributed by atoms with Crippen LogP contribution in [0.2, 0.25) is 0 Å². The van der Waals surface area contributed by atoms with Gasteiger partial charge in [0.15, 0.2) is 0 Å². The highest BCUT2D eigenvalue weighted by atomic mass is 32.2. The molecule has 3 rings (SSSR count). The molecular weight excluding hydrogens is 306 g/mol. The topological polar surface area (TPSA) is 47.3 Å². The second-order valence-electron chi connectivity index (χ2n) is 6.28. The maximum atomic E-state index is 13.0. The fourth-order valence-corrected chi connectivity index (χ4v) is 4.42. The third-order valence-electron chi connectivity index (χ3n) is 4.63. The van der Waals surface area contributed by atoms with Gasteiger partial charge in [0.25, 0.3) is 5.91 Å². The van der Waals surface area contributed by atoms with Crippen molar-refractivity contribution in [3.63, 3.8) is 0 Å². The zero-order chi connectivity index (χ0) is 16.1. The van der Waals surface area contributed by atoms with Crippen molar-refractivity contribution in [3.8, 4) is 6.07 Å². The molecule has 2 heterocycles. The summed E-state index contributed by atoms with van der Waals surface area (Å²) in [5, 5.41) is 8.90. The van der Waals surface area contributed by atoms with Gasteiger partial charge in [-0.1, -0.05) is 0 Å². The summed E-state index contributed by atoms with van der Waals surface area (Å²) in [6.07, 6.45) is 3.62. The first kappa shape index (κ1) is 16.4. The summed E-state index contributed by atoms with van der Waals surface area (Å²) < 4.78 is 0. The molecule has 23 heavy (non-hydrogen) atoms. The summed E-state index contributed by atoms with van der Waals surface area (Å²) in [5.74, 6) is 2.27. The van der Waals surface area contributed by atoms with Crippen molar-refractivity contribution in [1.29, 1.82) is 5.26 Å². The minimum atomic E-state index is 0.112. The SMILES string of the molecule is N#Cc1ccc(C(=O)N2CCCSC[C@@H]2CN2CCCC2)cc1. The van der Waals surface area contributed by atoms with E-state index >= 15 is 0 Å². The van der Waals surface area contributed by atoms with Crippen LogP contribution in [0.3, 0.4) is 0 Å². The first-order valence-corrected chi connectivity index (χ1v) is 9.54. The molecule has 1 amide bonds. The number of nitrogens with zero attached hydrogens (tertiary/aromatic N) is 3. The summed E-state index contributed by atoms with van der Waals surface area (Å²) in [4.78, 5) is 17.5. The lowest BCUT2D eigenvalue weighted by atomic mass is 10.1. The van der Waals surface area contributed by atoms with E-state index in [0.717, 1.165) is 31.0 Å². The number of thioether (sulfide) groups is 1. The Bertz CT molecular complexity index is 575. The Balaban J connectivity index is 1.74. The molecule has 0 spiro atoms. The van der Waals surface area contributed by atoms with E-state index in [1.807, 2.05) is 11.8 Å². The van der Waals surface area contributed by atoms with Crippen molar-refractivity contribution in [3.05, 3.63) is 35.4 Å². The third-order valence-corrected chi connectivity index (χ3v) is 5.83. The highest BCUT2D eigenvalue weighted by molar-refractivity contribution is 7.99. The Hall–Kier alpha value is -1.51. The van der Waals surface area contributed by atoms with Gasteiger partial charge >= 0.3 is 0 Å². The highest BCUT2D eigenvalue weighted by Gasteiger charge is 2.28. The first-order chi connectivity index (χ1) is 11.3. The van der Waals surface area contributed by atoms with Crippen LogP contribution in [-0.4, -0.2) is 59.4 Å². The van der Waals surface area contributed by atoms with Gasteiger partial charge in [0, 0.05) is 24.4 Å². The van der Waals surface area contributed by atoms with Gasteiger partial charge in [-0.2, -0.15) is 17.0 Å². The molecule has 0 radical (unpaired) electrons. The van der Waals surface area contributed by atoms with Gasteiger partial charge in [0.2, 0.25) is 0 Å².